The molecule has 0 aliphatic rings. The van der Waals surface area contributed by atoms with Crippen LogP contribution in [0, 0.1) is 20.8 Å². The third kappa shape index (κ3) is 4.59. The fourth-order valence-corrected chi connectivity index (χ4v) is 2.91. The number of hydrogen-bond donors (Lipinski definition) is 1. The number of anilines is 1. The third-order valence-electron chi connectivity index (χ3n) is 4.04. The Bertz CT molecular complexity index is 642. The lowest BCUT2D eigenvalue weighted by Gasteiger charge is -2.22. The topological polar surface area (TPSA) is 32.3 Å². The van der Waals surface area contributed by atoms with Crippen molar-refractivity contribution in [3.63, 3.8) is 0 Å². The highest BCUT2D eigenvalue weighted by Gasteiger charge is 2.13. The van der Waals surface area contributed by atoms with Gasteiger partial charge in [0.2, 0.25) is 5.91 Å². The molecular weight excluding hydrogens is 284 g/mol. The number of nitrogens with one attached hydrogen (secondary N) is 1. The summed E-state index contributed by atoms with van der Waals surface area (Å²) in [5.41, 5.74) is 5.84. The molecule has 1 amide bonds. The molecule has 1 N–H and O–H groups in total. The van der Waals surface area contributed by atoms with Gasteiger partial charge in [0.25, 0.3) is 0 Å². The van der Waals surface area contributed by atoms with Crippen LogP contribution in [0.25, 0.3) is 0 Å². The van der Waals surface area contributed by atoms with Crippen molar-refractivity contribution in [2.75, 3.05) is 18.4 Å². The quantitative estimate of drug-likeness (QED) is 0.872. The van der Waals surface area contributed by atoms with Crippen molar-refractivity contribution >= 4 is 11.6 Å². The van der Waals surface area contributed by atoms with E-state index in [1.54, 1.807) is 0 Å². The van der Waals surface area contributed by atoms with Crippen molar-refractivity contribution < 1.29 is 4.79 Å². The fourth-order valence-electron chi connectivity index (χ4n) is 2.91. The Balaban J connectivity index is 2.00. The zero-order chi connectivity index (χ0) is 16.8. The van der Waals surface area contributed by atoms with Crippen molar-refractivity contribution in [1.29, 1.82) is 0 Å². The van der Waals surface area contributed by atoms with E-state index < -0.39 is 0 Å². The molecular formula is C20H26N2O. The van der Waals surface area contributed by atoms with E-state index in [9.17, 15) is 4.79 Å². The molecule has 3 heteroatoms. The van der Waals surface area contributed by atoms with Crippen molar-refractivity contribution in [2.24, 2.45) is 0 Å². The molecule has 0 aromatic heterocycles. The van der Waals surface area contributed by atoms with E-state index in [4.69, 9.17) is 0 Å². The molecule has 0 saturated carbocycles. The van der Waals surface area contributed by atoms with Crippen molar-refractivity contribution in [3.8, 4) is 0 Å². The summed E-state index contributed by atoms with van der Waals surface area (Å²) < 4.78 is 0. The van der Waals surface area contributed by atoms with Crippen LogP contribution in [-0.2, 0) is 11.3 Å². The molecule has 0 saturated heterocycles. The predicted octanol–water partition coefficient (Wildman–Crippen LogP) is 4.07. The normalized spacial score (nSPS) is 10.4. The molecule has 0 spiro atoms. The molecule has 0 atom stereocenters. The number of likely N-dealkylation sites (N-methyl/N-ethyl adjacent to an activating group) is 1. The predicted molar refractivity (Wildman–Crippen MR) is 96.7 cm³/mol. The van der Waals surface area contributed by atoms with Crippen molar-refractivity contribution in [2.45, 2.75) is 34.2 Å². The van der Waals surface area contributed by atoms with E-state index in [1.165, 1.54) is 16.7 Å². The number of carbonyl (C=O) groups excluding carboxylic acids is 1. The van der Waals surface area contributed by atoms with Gasteiger partial charge in [-0.15, -0.1) is 0 Å². The summed E-state index contributed by atoms with van der Waals surface area (Å²) in [5, 5.41) is 3.32. The van der Waals surface area contributed by atoms with Gasteiger partial charge >= 0.3 is 0 Å². The molecule has 2 rings (SSSR count). The molecule has 0 aliphatic heterocycles. The molecule has 3 nitrogen and oxygen atoms in total. The average Bonchev–Trinajstić information content (AvgIpc) is 2.52. The van der Waals surface area contributed by atoms with E-state index in [1.807, 2.05) is 30.0 Å². The molecule has 0 unspecified atom stereocenters. The fraction of sp³-hybridized carbons (Fsp3) is 0.350. The standard InChI is InChI=1S/C20H26N2O/c1-5-22(14-18-9-7-6-8-10-18)19(23)13-21-20-16(3)11-15(2)12-17(20)4/h6-12,21H,5,13-14H2,1-4H3. The highest BCUT2D eigenvalue weighted by atomic mass is 16.2. The second kappa shape index (κ2) is 7.82. The van der Waals surface area contributed by atoms with Gasteiger partial charge in [0.1, 0.15) is 0 Å². The minimum Gasteiger partial charge on any atom is -0.376 e. The lowest BCUT2D eigenvalue weighted by Crippen LogP contribution is -2.35. The lowest BCUT2D eigenvalue weighted by molar-refractivity contribution is -0.129. The van der Waals surface area contributed by atoms with Crippen LogP contribution in [0.15, 0.2) is 42.5 Å². The Morgan fingerprint density at radius 1 is 1.04 bits per heavy atom. The van der Waals surface area contributed by atoms with Crippen molar-refractivity contribution in [1.82, 2.24) is 4.90 Å². The molecule has 122 valence electrons. The highest BCUT2D eigenvalue weighted by molar-refractivity contribution is 5.81. The van der Waals surface area contributed by atoms with Crippen LogP contribution in [0.5, 0.6) is 0 Å². The van der Waals surface area contributed by atoms with Crippen LogP contribution < -0.4 is 5.32 Å². The molecule has 23 heavy (non-hydrogen) atoms. The molecule has 0 radical (unpaired) electrons. The van der Waals surface area contributed by atoms with Gasteiger partial charge < -0.3 is 10.2 Å². The maximum atomic E-state index is 12.5. The summed E-state index contributed by atoms with van der Waals surface area (Å²) in [4.78, 5) is 14.4. The first kappa shape index (κ1) is 17.1. The summed E-state index contributed by atoms with van der Waals surface area (Å²) in [6.07, 6.45) is 0. The number of carbonyl (C=O) groups is 1. The second-order valence-corrected chi connectivity index (χ2v) is 6.02. The molecule has 2 aromatic rings. The zero-order valence-electron chi connectivity index (χ0n) is 14.5. The smallest absolute Gasteiger partial charge is 0.242 e. The number of rotatable bonds is 6. The average molecular weight is 310 g/mol. The van der Waals surface area contributed by atoms with Gasteiger partial charge in [0.15, 0.2) is 0 Å². The van der Waals surface area contributed by atoms with E-state index in [0.29, 0.717) is 19.6 Å². The maximum Gasteiger partial charge on any atom is 0.242 e. The Labute approximate surface area is 139 Å². The van der Waals surface area contributed by atoms with Gasteiger partial charge in [0.05, 0.1) is 6.54 Å². The largest absolute Gasteiger partial charge is 0.376 e. The number of amides is 1. The second-order valence-electron chi connectivity index (χ2n) is 6.02. The number of aryl methyl sites for hydroxylation is 3. The van der Waals surface area contributed by atoms with Gasteiger partial charge in [-0.1, -0.05) is 48.0 Å². The molecule has 0 heterocycles. The van der Waals surface area contributed by atoms with Crippen LogP contribution in [0.4, 0.5) is 5.69 Å². The van der Waals surface area contributed by atoms with Crippen LogP contribution >= 0.6 is 0 Å². The molecule has 0 aliphatic carbocycles. The maximum absolute atomic E-state index is 12.5. The van der Waals surface area contributed by atoms with Crippen molar-refractivity contribution in [3.05, 3.63) is 64.7 Å². The monoisotopic (exact) mass is 310 g/mol. The molecule has 0 bridgehead atoms. The Morgan fingerprint density at radius 2 is 1.65 bits per heavy atom. The minimum atomic E-state index is 0.121. The number of hydrogen-bond acceptors (Lipinski definition) is 2. The van der Waals surface area contributed by atoms with E-state index >= 15 is 0 Å². The van der Waals surface area contributed by atoms with E-state index in [-0.39, 0.29) is 5.91 Å². The summed E-state index contributed by atoms with van der Waals surface area (Å²) in [6, 6.07) is 14.4. The number of benzene rings is 2. The first-order chi connectivity index (χ1) is 11.0. The summed E-state index contributed by atoms with van der Waals surface area (Å²) >= 11 is 0. The highest BCUT2D eigenvalue weighted by Crippen LogP contribution is 2.21. The van der Waals surface area contributed by atoms with Crippen LogP contribution in [0.1, 0.15) is 29.2 Å². The first-order valence-corrected chi connectivity index (χ1v) is 8.14. The Kier molecular flexibility index (Phi) is 5.80. The summed E-state index contributed by atoms with van der Waals surface area (Å²) in [7, 11) is 0. The Morgan fingerprint density at radius 3 is 2.22 bits per heavy atom. The van der Waals surface area contributed by atoms with Gasteiger partial charge in [-0.25, -0.2) is 0 Å². The van der Waals surface area contributed by atoms with Crippen LogP contribution in [-0.4, -0.2) is 23.9 Å². The van der Waals surface area contributed by atoms with Gasteiger partial charge in [-0.05, 0) is 44.4 Å². The number of nitrogens with zero attached hydrogens (tertiary/aromatic N) is 1. The summed E-state index contributed by atoms with van der Waals surface area (Å²) in [5.74, 6) is 0.121. The van der Waals surface area contributed by atoms with Gasteiger partial charge in [-0.2, -0.15) is 0 Å². The minimum absolute atomic E-state index is 0.121. The van der Waals surface area contributed by atoms with E-state index in [0.717, 1.165) is 11.3 Å². The zero-order valence-corrected chi connectivity index (χ0v) is 14.5. The molecule has 2 aromatic carbocycles. The third-order valence-corrected chi connectivity index (χ3v) is 4.04. The van der Waals surface area contributed by atoms with Gasteiger partial charge in [-0.3, -0.25) is 4.79 Å². The first-order valence-electron chi connectivity index (χ1n) is 8.14. The molecule has 0 fully saturated rings. The summed E-state index contributed by atoms with van der Waals surface area (Å²) in [6.45, 7) is 9.95. The van der Waals surface area contributed by atoms with E-state index in [2.05, 4.69) is 50.4 Å². The Hall–Kier alpha value is -2.29. The lowest BCUT2D eigenvalue weighted by atomic mass is 10.1. The van der Waals surface area contributed by atoms with Gasteiger partial charge in [0, 0.05) is 18.8 Å². The SMILES string of the molecule is CCN(Cc1ccccc1)C(=O)CNc1c(C)cc(C)cc1C. The van der Waals surface area contributed by atoms with Crippen LogP contribution in [0.3, 0.4) is 0 Å². The van der Waals surface area contributed by atoms with Crippen LogP contribution in [0.2, 0.25) is 0 Å².